The van der Waals surface area contributed by atoms with E-state index in [1.54, 1.807) is 0 Å². The first-order chi connectivity index (χ1) is 9.21. The maximum atomic E-state index is 12.2. The molecule has 0 radical (unpaired) electrons. The average Bonchev–Trinajstić information content (AvgIpc) is 2.35. The van der Waals surface area contributed by atoms with Crippen LogP contribution in [0.1, 0.15) is 52.6 Å². The summed E-state index contributed by atoms with van der Waals surface area (Å²) in [5.74, 6) is 0.363. The Labute approximate surface area is 122 Å². The molecule has 3 heteroatoms. The summed E-state index contributed by atoms with van der Waals surface area (Å²) in [6, 6.07) is 9.98. The summed E-state index contributed by atoms with van der Waals surface area (Å²) in [6.07, 6.45) is 0.361. The zero-order valence-corrected chi connectivity index (χ0v) is 13.3. The molecule has 0 aromatic heterocycles. The van der Waals surface area contributed by atoms with Crippen molar-refractivity contribution in [1.29, 1.82) is 0 Å². The topological polar surface area (TPSA) is 55.1 Å². The molecule has 20 heavy (non-hydrogen) atoms. The highest BCUT2D eigenvalue weighted by Gasteiger charge is 2.25. The van der Waals surface area contributed by atoms with E-state index >= 15 is 0 Å². The second-order valence-electron chi connectivity index (χ2n) is 6.88. The Morgan fingerprint density at radius 2 is 1.75 bits per heavy atom. The number of hydrogen-bond acceptors (Lipinski definition) is 2. The molecule has 0 aliphatic carbocycles. The second kappa shape index (κ2) is 6.89. The number of benzene rings is 1. The van der Waals surface area contributed by atoms with Crippen LogP contribution < -0.4 is 11.1 Å². The maximum Gasteiger partial charge on any atom is 0.222 e. The first-order valence-electron chi connectivity index (χ1n) is 7.31. The van der Waals surface area contributed by atoms with E-state index in [1.165, 1.54) is 0 Å². The largest absolute Gasteiger partial charge is 0.349 e. The highest BCUT2D eigenvalue weighted by Crippen LogP contribution is 2.23. The van der Waals surface area contributed by atoms with Crippen molar-refractivity contribution in [1.82, 2.24) is 5.32 Å². The van der Waals surface area contributed by atoms with Crippen LogP contribution in [0.15, 0.2) is 30.3 Å². The van der Waals surface area contributed by atoms with Gasteiger partial charge in [-0.1, -0.05) is 65.0 Å². The van der Waals surface area contributed by atoms with Gasteiger partial charge in [-0.25, -0.2) is 0 Å². The van der Waals surface area contributed by atoms with Crippen molar-refractivity contribution in [3.8, 4) is 0 Å². The van der Waals surface area contributed by atoms with Crippen LogP contribution in [0.4, 0.5) is 0 Å². The van der Waals surface area contributed by atoms with E-state index in [0.29, 0.717) is 12.3 Å². The molecule has 1 aromatic rings. The molecule has 112 valence electrons. The van der Waals surface area contributed by atoms with Crippen LogP contribution in [-0.2, 0) is 4.79 Å². The summed E-state index contributed by atoms with van der Waals surface area (Å²) in [4.78, 5) is 12.2. The van der Waals surface area contributed by atoms with E-state index in [-0.39, 0.29) is 23.4 Å². The van der Waals surface area contributed by atoms with E-state index in [0.717, 1.165) is 5.56 Å². The van der Waals surface area contributed by atoms with Gasteiger partial charge >= 0.3 is 0 Å². The fourth-order valence-electron chi connectivity index (χ4n) is 2.03. The van der Waals surface area contributed by atoms with Gasteiger partial charge in [0.2, 0.25) is 5.91 Å². The zero-order valence-electron chi connectivity index (χ0n) is 13.3. The fraction of sp³-hybridized carbons (Fsp3) is 0.588. The molecule has 1 aromatic carbocycles. The third-order valence-corrected chi connectivity index (χ3v) is 3.66. The van der Waals surface area contributed by atoms with Gasteiger partial charge in [0.15, 0.2) is 0 Å². The van der Waals surface area contributed by atoms with E-state index in [9.17, 15) is 4.79 Å². The molecule has 0 saturated heterocycles. The minimum absolute atomic E-state index is 0.0231. The molecule has 3 N–H and O–H groups in total. The molecule has 0 fully saturated rings. The van der Waals surface area contributed by atoms with E-state index in [2.05, 4.69) is 52.1 Å². The van der Waals surface area contributed by atoms with Gasteiger partial charge < -0.3 is 11.1 Å². The summed E-state index contributed by atoms with van der Waals surface area (Å²) < 4.78 is 0. The van der Waals surface area contributed by atoms with E-state index in [1.807, 2.05) is 18.2 Å². The highest BCUT2D eigenvalue weighted by molar-refractivity contribution is 5.77. The molecule has 0 saturated carbocycles. The Morgan fingerprint density at radius 1 is 1.20 bits per heavy atom. The molecule has 1 rings (SSSR count). The van der Waals surface area contributed by atoms with Crippen molar-refractivity contribution in [3.63, 3.8) is 0 Å². The number of rotatable bonds is 5. The van der Waals surface area contributed by atoms with E-state index < -0.39 is 0 Å². The highest BCUT2D eigenvalue weighted by atomic mass is 16.1. The smallest absolute Gasteiger partial charge is 0.222 e. The standard InChI is InChI=1S/C17H28N2O/c1-12(2)16(13-9-7-6-8-10-13)19-15(20)11-14(18)17(3,4)5/h6-10,12,14,16H,11,18H2,1-5H3,(H,19,20). The van der Waals surface area contributed by atoms with Gasteiger partial charge in [-0.2, -0.15) is 0 Å². The molecule has 1 amide bonds. The molecule has 3 nitrogen and oxygen atoms in total. The summed E-state index contributed by atoms with van der Waals surface area (Å²) in [5.41, 5.74) is 7.16. The second-order valence-corrected chi connectivity index (χ2v) is 6.88. The third kappa shape index (κ3) is 4.97. The molecule has 0 aliphatic heterocycles. The number of nitrogens with two attached hydrogens (primary N) is 1. The first kappa shape index (κ1) is 16.7. The van der Waals surface area contributed by atoms with Gasteiger partial charge in [0, 0.05) is 12.5 Å². The van der Waals surface area contributed by atoms with Crippen LogP contribution in [-0.4, -0.2) is 11.9 Å². The minimum Gasteiger partial charge on any atom is -0.349 e. The fourth-order valence-corrected chi connectivity index (χ4v) is 2.03. The van der Waals surface area contributed by atoms with Crippen molar-refractivity contribution in [2.24, 2.45) is 17.1 Å². The lowest BCUT2D eigenvalue weighted by Crippen LogP contribution is -2.41. The van der Waals surface area contributed by atoms with E-state index in [4.69, 9.17) is 5.73 Å². The summed E-state index contributed by atoms with van der Waals surface area (Å²) in [6.45, 7) is 10.4. The van der Waals surface area contributed by atoms with Crippen LogP contribution in [0.3, 0.4) is 0 Å². The van der Waals surface area contributed by atoms with Crippen molar-refractivity contribution in [2.75, 3.05) is 0 Å². The van der Waals surface area contributed by atoms with Gasteiger partial charge in [-0.15, -0.1) is 0 Å². The van der Waals surface area contributed by atoms with Crippen LogP contribution in [0, 0.1) is 11.3 Å². The number of carbonyl (C=O) groups is 1. The average molecular weight is 276 g/mol. The molecule has 0 heterocycles. The van der Waals surface area contributed by atoms with Gasteiger partial charge in [0.05, 0.1) is 6.04 Å². The molecule has 2 unspecified atom stereocenters. The zero-order chi connectivity index (χ0) is 15.3. The van der Waals surface area contributed by atoms with Crippen LogP contribution in [0.5, 0.6) is 0 Å². The number of carbonyl (C=O) groups excluding carboxylic acids is 1. The number of hydrogen-bond donors (Lipinski definition) is 2. The van der Waals surface area contributed by atoms with Gasteiger partial charge in [0.25, 0.3) is 0 Å². The van der Waals surface area contributed by atoms with Crippen LogP contribution in [0.25, 0.3) is 0 Å². The maximum absolute atomic E-state index is 12.2. The Morgan fingerprint density at radius 3 is 2.20 bits per heavy atom. The molecular weight excluding hydrogens is 248 g/mol. The predicted octanol–water partition coefficient (Wildman–Crippen LogP) is 3.26. The summed E-state index contributed by atoms with van der Waals surface area (Å²) >= 11 is 0. The quantitative estimate of drug-likeness (QED) is 0.867. The Kier molecular flexibility index (Phi) is 5.75. The monoisotopic (exact) mass is 276 g/mol. The summed E-state index contributed by atoms with van der Waals surface area (Å²) in [5, 5.41) is 3.12. The predicted molar refractivity (Wildman–Crippen MR) is 84.2 cm³/mol. The van der Waals surface area contributed by atoms with Crippen molar-refractivity contribution in [3.05, 3.63) is 35.9 Å². The molecule has 2 atom stereocenters. The number of amides is 1. The molecular formula is C17H28N2O. The van der Waals surface area contributed by atoms with Crippen molar-refractivity contribution >= 4 is 5.91 Å². The number of nitrogens with one attached hydrogen (secondary N) is 1. The minimum atomic E-state index is -0.133. The third-order valence-electron chi connectivity index (χ3n) is 3.66. The molecule has 0 bridgehead atoms. The van der Waals surface area contributed by atoms with Gasteiger partial charge in [0.1, 0.15) is 0 Å². The van der Waals surface area contributed by atoms with Gasteiger partial charge in [-0.3, -0.25) is 4.79 Å². The first-order valence-corrected chi connectivity index (χ1v) is 7.31. The van der Waals surface area contributed by atoms with Crippen LogP contribution in [0.2, 0.25) is 0 Å². The Bertz CT molecular complexity index is 420. The van der Waals surface area contributed by atoms with Gasteiger partial charge in [-0.05, 0) is 16.9 Å². The lowest BCUT2D eigenvalue weighted by Gasteiger charge is -2.28. The summed E-state index contributed by atoms with van der Waals surface area (Å²) in [7, 11) is 0. The molecule has 0 aliphatic rings. The lowest BCUT2D eigenvalue weighted by atomic mass is 9.85. The Balaban J connectivity index is 2.70. The van der Waals surface area contributed by atoms with Crippen molar-refractivity contribution < 1.29 is 4.79 Å². The Hall–Kier alpha value is -1.35. The van der Waals surface area contributed by atoms with Crippen molar-refractivity contribution in [2.45, 2.75) is 53.1 Å². The SMILES string of the molecule is CC(C)C(NC(=O)CC(N)C(C)(C)C)c1ccccc1. The lowest BCUT2D eigenvalue weighted by molar-refractivity contribution is -0.123. The normalized spacial score (nSPS) is 14.9. The molecule has 0 spiro atoms. The van der Waals surface area contributed by atoms with Crippen LogP contribution >= 0.6 is 0 Å².